The summed E-state index contributed by atoms with van der Waals surface area (Å²) in [5.41, 5.74) is 5.55. The van der Waals surface area contributed by atoms with E-state index < -0.39 is 29.6 Å². The van der Waals surface area contributed by atoms with E-state index in [0.29, 0.717) is 11.3 Å². The summed E-state index contributed by atoms with van der Waals surface area (Å²) in [6, 6.07) is 5.99. The number of urea groups is 1. The van der Waals surface area contributed by atoms with Gasteiger partial charge in [0.05, 0.1) is 5.92 Å². The van der Waals surface area contributed by atoms with E-state index in [4.69, 9.17) is 15.2 Å². The smallest absolute Gasteiger partial charge is 0.410 e. The summed E-state index contributed by atoms with van der Waals surface area (Å²) in [6.07, 6.45) is -0.671. The second-order valence-corrected chi connectivity index (χ2v) is 6.12. The molecule has 1 unspecified atom stereocenters. The maximum absolute atomic E-state index is 12.0. The van der Waals surface area contributed by atoms with Crippen LogP contribution in [0.5, 0.6) is 0 Å². The number of carbonyl (C=O) groups is 3. The van der Waals surface area contributed by atoms with Gasteiger partial charge in [0.2, 0.25) is 0 Å². The van der Waals surface area contributed by atoms with Crippen molar-refractivity contribution >= 4 is 23.8 Å². The van der Waals surface area contributed by atoms with E-state index in [1.165, 1.54) is 0 Å². The molecule has 8 heteroatoms. The van der Waals surface area contributed by atoms with Gasteiger partial charge in [-0.2, -0.15) is 0 Å². The maximum Gasteiger partial charge on any atom is 0.410 e. The Balaban J connectivity index is 2.53. The van der Waals surface area contributed by atoms with Crippen molar-refractivity contribution in [3.63, 3.8) is 0 Å². The van der Waals surface area contributed by atoms with E-state index in [-0.39, 0.29) is 6.73 Å². The monoisotopic (exact) mass is 337 g/mol. The van der Waals surface area contributed by atoms with Gasteiger partial charge in [-0.3, -0.25) is 10.1 Å². The van der Waals surface area contributed by atoms with Crippen LogP contribution in [0.3, 0.4) is 0 Å². The fourth-order valence-electron chi connectivity index (χ4n) is 1.77. The number of nitrogens with one attached hydrogen (secondary N) is 2. The van der Waals surface area contributed by atoms with Gasteiger partial charge in [0.15, 0.2) is 6.73 Å². The predicted molar refractivity (Wildman–Crippen MR) is 88.4 cm³/mol. The third-order valence-electron chi connectivity index (χ3n) is 2.84. The van der Waals surface area contributed by atoms with Crippen LogP contribution in [0, 0.1) is 0 Å². The topological polar surface area (TPSA) is 120 Å². The van der Waals surface area contributed by atoms with Crippen LogP contribution < -0.4 is 16.4 Å². The fourth-order valence-corrected chi connectivity index (χ4v) is 1.77. The van der Waals surface area contributed by atoms with Crippen LogP contribution in [0.1, 0.15) is 39.2 Å². The minimum atomic E-state index is -0.691. The molecule has 1 aromatic carbocycles. The van der Waals surface area contributed by atoms with Crippen molar-refractivity contribution in [3.8, 4) is 0 Å². The molecular formula is C16H23N3O5. The van der Waals surface area contributed by atoms with E-state index in [0.717, 1.165) is 0 Å². The third kappa shape index (κ3) is 6.99. The first-order valence-electron chi connectivity index (χ1n) is 7.38. The highest BCUT2D eigenvalue weighted by Gasteiger charge is 2.19. The zero-order valence-corrected chi connectivity index (χ0v) is 14.2. The lowest BCUT2D eigenvalue weighted by molar-refractivity contribution is -0.145. The molecule has 4 N–H and O–H groups in total. The van der Waals surface area contributed by atoms with Crippen molar-refractivity contribution in [3.05, 3.63) is 29.8 Å². The summed E-state index contributed by atoms with van der Waals surface area (Å²) < 4.78 is 10.0. The lowest BCUT2D eigenvalue weighted by atomic mass is 10.0. The molecule has 0 aliphatic carbocycles. The standard InChI is InChI=1S/C16H23N3O5/c1-10(11-6-5-7-12(8-11)19-14(17)21)13(20)23-9-18-15(22)24-16(2,3)4/h5-8,10H,9H2,1-4H3,(H,18,22)(H3,17,19,21). The van der Waals surface area contributed by atoms with Crippen LogP contribution in [-0.2, 0) is 14.3 Å². The number of carbonyl (C=O) groups excluding carboxylic acids is 3. The second-order valence-electron chi connectivity index (χ2n) is 6.12. The summed E-state index contributed by atoms with van der Waals surface area (Å²) >= 11 is 0. The average molecular weight is 337 g/mol. The number of nitrogens with two attached hydrogens (primary N) is 1. The second kappa shape index (κ2) is 8.19. The molecular weight excluding hydrogens is 314 g/mol. The zero-order valence-electron chi connectivity index (χ0n) is 14.2. The first kappa shape index (κ1) is 19.3. The normalized spacial score (nSPS) is 12.0. The van der Waals surface area contributed by atoms with Crippen molar-refractivity contribution in [1.82, 2.24) is 5.32 Å². The van der Waals surface area contributed by atoms with Crippen LogP contribution in [0.25, 0.3) is 0 Å². The Bertz CT molecular complexity index is 610. The van der Waals surface area contributed by atoms with Crippen LogP contribution in [0.4, 0.5) is 15.3 Å². The zero-order chi connectivity index (χ0) is 18.3. The van der Waals surface area contributed by atoms with Gasteiger partial charge in [-0.1, -0.05) is 12.1 Å². The first-order chi connectivity index (χ1) is 11.1. The SMILES string of the molecule is CC(C(=O)OCNC(=O)OC(C)(C)C)c1cccc(NC(N)=O)c1. The number of hydrogen-bond donors (Lipinski definition) is 3. The summed E-state index contributed by atoms with van der Waals surface area (Å²) in [5.74, 6) is -1.11. The first-order valence-corrected chi connectivity index (χ1v) is 7.38. The van der Waals surface area contributed by atoms with Crippen LogP contribution in [-0.4, -0.2) is 30.4 Å². The number of hydrogen-bond acceptors (Lipinski definition) is 5. The molecule has 0 spiro atoms. The molecule has 24 heavy (non-hydrogen) atoms. The van der Waals surface area contributed by atoms with Gasteiger partial charge in [-0.15, -0.1) is 0 Å². The molecule has 1 atom stereocenters. The van der Waals surface area contributed by atoms with Gasteiger partial charge < -0.3 is 20.5 Å². The van der Waals surface area contributed by atoms with Crippen molar-refractivity contribution in [1.29, 1.82) is 0 Å². The number of ether oxygens (including phenoxy) is 2. The Morgan fingerprint density at radius 2 is 1.92 bits per heavy atom. The third-order valence-corrected chi connectivity index (χ3v) is 2.84. The molecule has 0 fully saturated rings. The van der Waals surface area contributed by atoms with Crippen LogP contribution in [0.2, 0.25) is 0 Å². The van der Waals surface area contributed by atoms with Gasteiger partial charge in [0.1, 0.15) is 5.60 Å². The Morgan fingerprint density at radius 1 is 1.25 bits per heavy atom. The van der Waals surface area contributed by atoms with Gasteiger partial charge in [-0.05, 0) is 45.4 Å². The molecule has 0 aromatic heterocycles. The van der Waals surface area contributed by atoms with E-state index in [2.05, 4.69) is 10.6 Å². The van der Waals surface area contributed by atoms with Crippen molar-refractivity contribution in [2.75, 3.05) is 12.0 Å². The van der Waals surface area contributed by atoms with E-state index in [9.17, 15) is 14.4 Å². The number of primary amides is 1. The minimum absolute atomic E-state index is 0.294. The Kier molecular flexibility index (Phi) is 6.58. The fraction of sp³-hybridized carbons (Fsp3) is 0.438. The van der Waals surface area contributed by atoms with Crippen molar-refractivity contribution in [2.24, 2.45) is 5.73 Å². The summed E-state index contributed by atoms with van der Waals surface area (Å²) in [6.45, 7) is 6.55. The largest absolute Gasteiger partial charge is 0.444 e. The molecule has 1 rings (SSSR count). The molecule has 0 bridgehead atoms. The number of rotatable bonds is 5. The molecule has 0 saturated carbocycles. The highest BCUT2D eigenvalue weighted by Crippen LogP contribution is 2.20. The summed E-state index contributed by atoms with van der Waals surface area (Å²) in [7, 11) is 0. The molecule has 0 aliphatic heterocycles. The van der Waals surface area contributed by atoms with Crippen LogP contribution >= 0.6 is 0 Å². The maximum atomic E-state index is 12.0. The average Bonchev–Trinajstić information content (AvgIpc) is 2.44. The van der Waals surface area contributed by atoms with Gasteiger partial charge in [0, 0.05) is 5.69 Å². The number of benzene rings is 1. The highest BCUT2D eigenvalue weighted by molar-refractivity contribution is 5.88. The molecule has 3 amide bonds. The highest BCUT2D eigenvalue weighted by atomic mass is 16.6. The van der Waals surface area contributed by atoms with Crippen molar-refractivity contribution < 1.29 is 23.9 Å². The number of esters is 1. The van der Waals surface area contributed by atoms with Gasteiger partial charge >= 0.3 is 18.1 Å². The molecule has 0 heterocycles. The molecule has 0 radical (unpaired) electrons. The molecule has 0 saturated heterocycles. The summed E-state index contributed by atoms with van der Waals surface area (Å²) in [4.78, 5) is 34.3. The van der Waals surface area contributed by atoms with Gasteiger partial charge in [0.25, 0.3) is 0 Å². The van der Waals surface area contributed by atoms with Crippen molar-refractivity contribution in [2.45, 2.75) is 39.2 Å². The van der Waals surface area contributed by atoms with E-state index in [1.807, 2.05) is 0 Å². The Labute approximate surface area is 140 Å². The molecule has 0 aliphatic rings. The number of anilines is 1. The lowest BCUT2D eigenvalue weighted by Gasteiger charge is -2.20. The number of amides is 3. The summed E-state index contributed by atoms with van der Waals surface area (Å²) in [5, 5.41) is 4.77. The Hall–Kier alpha value is -2.77. The van der Waals surface area contributed by atoms with E-state index >= 15 is 0 Å². The van der Waals surface area contributed by atoms with Crippen LogP contribution in [0.15, 0.2) is 24.3 Å². The predicted octanol–water partition coefficient (Wildman–Crippen LogP) is 2.31. The Morgan fingerprint density at radius 3 is 2.50 bits per heavy atom. The molecule has 8 nitrogen and oxygen atoms in total. The molecule has 132 valence electrons. The quantitative estimate of drug-likeness (QED) is 0.562. The molecule has 1 aromatic rings. The minimum Gasteiger partial charge on any atom is -0.444 e. The lowest BCUT2D eigenvalue weighted by Crippen LogP contribution is -2.34. The van der Waals surface area contributed by atoms with Gasteiger partial charge in [-0.25, -0.2) is 9.59 Å². The van der Waals surface area contributed by atoms with E-state index in [1.54, 1.807) is 52.0 Å². The number of alkyl carbamates (subject to hydrolysis) is 1.